The van der Waals surface area contributed by atoms with Gasteiger partial charge < -0.3 is 10.3 Å². The fraction of sp³-hybridized carbons (Fsp3) is 0.417. The second kappa shape index (κ2) is 5.43. The lowest BCUT2D eigenvalue weighted by Crippen LogP contribution is -2.07. The van der Waals surface area contributed by atoms with E-state index in [1.54, 1.807) is 10.8 Å². The molecule has 0 spiro atoms. The van der Waals surface area contributed by atoms with E-state index in [-0.39, 0.29) is 11.5 Å². The molecule has 0 amide bonds. The van der Waals surface area contributed by atoms with Crippen LogP contribution in [0.4, 0.5) is 19.1 Å². The van der Waals surface area contributed by atoms with Crippen LogP contribution in [0.15, 0.2) is 18.2 Å². The highest BCUT2D eigenvalue weighted by molar-refractivity contribution is 7.84. The standard InChI is InChI=1S/C12H14F3N3OS/c1-20(19)6-2-5-18-10-4-3-8(12(13,14)15)7-9(10)17-11(18)16/h3-4,7H,2,5-6H2,1H3,(H2,16,17). The van der Waals surface area contributed by atoms with Gasteiger partial charge in [-0.3, -0.25) is 4.21 Å². The highest BCUT2D eigenvalue weighted by Gasteiger charge is 2.31. The maximum Gasteiger partial charge on any atom is 0.416 e. The van der Waals surface area contributed by atoms with Gasteiger partial charge in [0.05, 0.1) is 16.6 Å². The number of nitrogen functional groups attached to an aromatic ring is 1. The molecule has 0 saturated carbocycles. The van der Waals surface area contributed by atoms with Crippen LogP contribution in [-0.4, -0.2) is 25.8 Å². The summed E-state index contributed by atoms with van der Waals surface area (Å²) in [6.07, 6.45) is -2.17. The Morgan fingerprint density at radius 3 is 2.70 bits per heavy atom. The molecule has 2 rings (SSSR count). The maximum absolute atomic E-state index is 12.6. The van der Waals surface area contributed by atoms with Gasteiger partial charge in [0, 0.05) is 29.4 Å². The second-order valence-electron chi connectivity index (χ2n) is 4.45. The Hall–Kier alpha value is -1.57. The van der Waals surface area contributed by atoms with Crippen molar-refractivity contribution in [1.29, 1.82) is 0 Å². The number of anilines is 1. The quantitative estimate of drug-likeness (QED) is 0.943. The SMILES string of the molecule is CS(=O)CCCn1c(N)nc2cc(C(F)(F)F)ccc21. The molecule has 0 saturated heterocycles. The number of alkyl halides is 3. The minimum atomic E-state index is -4.40. The van der Waals surface area contributed by atoms with Crippen LogP contribution in [0.25, 0.3) is 11.0 Å². The van der Waals surface area contributed by atoms with Gasteiger partial charge in [-0.05, 0) is 24.6 Å². The van der Waals surface area contributed by atoms with Crippen molar-refractivity contribution >= 4 is 27.8 Å². The van der Waals surface area contributed by atoms with Crippen LogP contribution >= 0.6 is 0 Å². The topological polar surface area (TPSA) is 60.9 Å². The van der Waals surface area contributed by atoms with Crippen molar-refractivity contribution in [3.8, 4) is 0 Å². The lowest BCUT2D eigenvalue weighted by molar-refractivity contribution is -0.137. The predicted molar refractivity (Wildman–Crippen MR) is 72.7 cm³/mol. The van der Waals surface area contributed by atoms with Crippen LogP contribution < -0.4 is 5.73 Å². The summed E-state index contributed by atoms with van der Waals surface area (Å²) in [6, 6.07) is 3.36. The van der Waals surface area contributed by atoms with E-state index in [0.29, 0.717) is 24.2 Å². The number of halogens is 3. The van der Waals surface area contributed by atoms with E-state index in [0.717, 1.165) is 12.1 Å². The van der Waals surface area contributed by atoms with Crippen molar-refractivity contribution in [2.45, 2.75) is 19.1 Å². The van der Waals surface area contributed by atoms with Crippen LogP contribution in [0.5, 0.6) is 0 Å². The van der Waals surface area contributed by atoms with E-state index in [1.165, 1.54) is 6.07 Å². The molecular formula is C12H14F3N3OS. The lowest BCUT2D eigenvalue weighted by Gasteiger charge is -2.07. The average Bonchev–Trinajstić information content (AvgIpc) is 2.63. The molecule has 2 aromatic rings. The number of benzene rings is 1. The van der Waals surface area contributed by atoms with Gasteiger partial charge in [-0.15, -0.1) is 0 Å². The summed E-state index contributed by atoms with van der Waals surface area (Å²) in [6.45, 7) is 0.479. The minimum Gasteiger partial charge on any atom is -0.369 e. The molecule has 1 heterocycles. The number of fused-ring (bicyclic) bond motifs is 1. The Balaban J connectivity index is 2.32. The van der Waals surface area contributed by atoms with Crippen LogP contribution in [-0.2, 0) is 23.5 Å². The fourth-order valence-corrected chi connectivity index (χ4v) is 2.52. The molecule has 0 radical (unpaired) electrons. The van der Waals surface area contributed by atoms with Gasteiger partial charge in [-0.1, -0.05) is 0 Å². The molecule has 1 unspecified atom stereocenters. The Bertz CT molecular complexity index is 651. The van der Waals surface area contributed by atoms with E-state index in [2.05, 4.69) is 4.98 Å². The molecule has 0 aliphatic rings. The Morgan fingerprint density at radius 1 is 1.40 bits per heavy atom. The van der Waals surface area contributed by atoms with Crippen LogP contribution in [0, 0.1) is 0 Å². The molecule has 1 aromatic carbocycles. The molecule has 110 valence electrons. The van der Waals surface area contributed by atoms with E-state index in [9.17, 15) is 17.4 Å². The first-order chi connectivity index (χ1) is 9.29. The van der Waals surface area contributed by atoms with Crippen LogP contribution in [0.1, 0.15) is 12.0 Å². The highest BCUT2D eigenvalue weighted by atomic mass is 32.2. The van der Waals surface area contributed by atoms with Crippen LogP contribution in [0.2, 0.25) is 0 Å². The third kappa shape index (κ3) is 3.12. The monoisotopic (exact) mass is 305 g/mol. The second-order valence-corrected chi connectivity index (χ2v) is 6.01. The largest absolute Gasteiger partial charge is 0.416 e. The van der Waals surface area contributed by atoms with Crippen molar-refractivity contribution in [2.24, 2.45) is 0 Å². The third-order valence-electron chi connectivity index (χ3n) is 2.92. The van der Waals surface area contributed by atoms with Crippen molar-refractivity contribution in [1.82, 2.24) is 9.55 Å². The van der Waals surface area contributed by atoms with Gasteiger partial charge in [0.1, 0.15) is 0 Å². The molecule has 20 heavy (non-hydrogen) atoms. The molecule has 4 nitrogen and oxygen atoms in total. The van der Waals surface area contributed by atoms with Crippen molar-refractivity contribution in [3.05, 3.63) is 23.8 Å². The predicted octanol–water partition coefficient (Wildman–Crippen LogP) is 2.41. The summed E-state index contributed by atoms with van der Waals surface area (Å²) in [7, 11) is -0.906. The van der Waals surface area contributed by atoms with Gasteiger partial charge in [-0.2, -0.15) is 13.2 Å². The van der Waals surface area contributed by atoms with Gasteiger partial charge in [0.25, 0.3) is 0 Å². The summed E-state index contributed by atoms with van der Waals surface area (Å²) < 4.78 is 50.5. The number of aryl methyl sites for hydroxylation is 1. The number of hydrogen-bond donors (Lipinski definition) is 1. The van der Waals surface area contributed by atoms with Gasteiger partial charge >= 0.3 is 6.18 Å². The zero-order valence-electron chi connectivity index (χ0n) is 10.8. The lowest BCUT2D eigenvalue weighted by atomic mass is 10.2. The van der Waals surface area contributed by atoms with E-state index in [4.69, 9.17) is 5.73 Å². The molecule has 0 aliphatic heterocycles. The smallest absolute Gasteiger partial charge is 0.369 e. The minimum absolute atomic E-state index is 0.168. The zero-order valence-corrected chi connectivity index (χ0v) is 11.6. The van der Waals surface area contributed by atoms with Gasteiger partial charge in [0.15, 0.2) is 0 Å². The van der Waals surface area contributed by atoms with Crippen LogP contribution in [0.3, 0.4) is 0 Å². The highest BCUT2D eigenvalue weighted by Crippen LogP contribution is 2.31. The first kappa shape index (κ1) is 14.8. The first-order valence-electron chi connectivity index (χ1n) is 5.92. The van der Waals surface area contributed by atoms with Crippen molar-refractivity contribution in [3.63, 3.8) is 0 Å². The van der Waals surface area contributed by atoms with E-state index < -0.39 is 22.5 Å². The number of imidazole rings is 1. The molecular weight excluding hydrogens is 291 g/mol. The van der Waals surface area contributed by atoms with Crippen molar-refractivity contribution < 1.29 is 17.4 Å². The normalized spacial score (nSPS) is 13.8. The van der Waals surface area contributed by atoms with E-state index in [1.807, 2.05) is 0 Å². The molecule has 1 atom stereocenters. The Morgan fingerprint density at radius 2 is 2.10 bits per heavy atom. The zero-order chi connectivity index (χ0) is 14.9. The summed E-state index contributed by atoms with van der Waals surface area (Å²) in [5.74, 6) is 0.681. The molecule has 0 fully saturated rings. The average molecular weight is 305 g/mol. The van der Waals surface area contributed by atoms with Gasteiger partial charge in [0.2, 0.25) is 5.95 Å². The molecule has 2 N–H and O–H groups in total. The van der Waals surface area contributed by atoms with E-state index >= 15 is 0 Å². The molecule has 0 bridgehead atoms. The summed E-state index contributed by atoms with van der Waals surface area (Å²) >= 11 is 0. The first-order valence-corrected chi connectivity index (χ1v) is 7.65. The summed E-state index contributed by atoms with van der Waals surface area (Å²) in [5.41, 5.74) is 5.75. The van der Waals surface area contributed by atoms with Crippen molar-refractivity contribution in [2.75, 3.05) is 17.7 Å². The number of nitrogens with two attached hydrogens (primary N) is 1. The molecule has 8 heteroatoms. The number of nitrogens with zero attached hydrogens (tertiary/aromatic N) is 2. The fourth-order valence-electron chi connectivity index (χ4n) is 1.99. The van der Waals surface area contributed by atoms with Gasteiger partial charge in [-0.25, -0.2) is 4.98 Å². The number of aromatic nitrogens is 2. The molecule has 0 aliphatic carbocycles. The Labute approximate surface area is 116 Å². The number of hydrogen-bond acceptors (Lipinski definition) is 3. The Kier molecular flexibility index (Phi) is 4.03. The maximum atomic E-state index is 12.6. The summed E-state index contributed by atoms with van der Waals surface area (Å²) in [4.78, 5) is 3.95. The third-order valence-corrected chi connectivity index (χ3v) is 3.78. The number of rotatable bonds is 4. The molecule has 1 aromatic heterocycles. The summed E-state index contributed by atoms with van der Waals surface area (Å²) in [5, 5.41) is 0.